The second kappa shape index (κ2) is 6.83. The number of halogens is 4. The van der Waals surface area contributed by atoms with Gasteiger partial charge in [-0.3, -0.25) is 0 Å². The van der Waals surface area contributed by atoms with Crippen molar-refractivity contribution >= 4 is 22.2 Å². The molecule has 2 aromatic carbocycles. The van der Waals surface area contributed by atoms with Crippen molar-refractivity contribution < 1.29 is 22.3 Å². The molecule has 0 atom stereocenters. The van der Waals surface area contributed by atoms with Crippen molar-refractivity contribution in [2.24, 2.45) is 0 Å². The first-order valence-electron chi connectivity index (χ1n) is 6.65. The SMILES string of the molecule is Fc1cc(F)c(F)c(OCc2nnc(Nc3ccccc3)s2)c1F. The van der Waals surface area contributed by atoms with Crippen molar-refractivity contribution in [1.29, 1.82) is 0 Å². The summed E-state index contributed by atoms with van der Waals surface area (Å²) in [4.78, 5) is 0. The first kappa shape index (κ1) is 16.2. The molecule has 0 amide bonds. The summed E-state index contributed by atoms with van der Waals surface area (Å²) in [5.74, 6) is -7.39. The third-order valence-electron chi connectivity index (χ3n) is 2.90. The van der Waals surface area contributed by atoms with Gasteiger partial charge in [0.05, 0.1) is 0 Å². The first-order valence-corrected chi connectivity index (χ1v) is 7.46. The van der Waals surface area contributed by atoms with Crippen molar-refractivity contribution in [3.63, 3.8) is 0 Å². The molecule has 0 bridgehead atoms. The third kappa shape index (κ3) is 3.46. The number of para-hydroxylation sites is 1. The number of ether oxygens (including phenoxy) is 1. The number of anilines is 2. The predicted octanol–water partition coefficient (Wildman–Crippen LogP) is 4.42. The van der Waals surface area contributed by atoms with Crippen LogP contribution >= 0.6 is 11.3 Å². The van der Waals surface area contributed by atoms with E-state index < -0.39 is 29.0 Å². The van der Waals surface area contributed by atoms with Gasteiger partial charge in [-0.1, -0.05) is 29.5 Å². The van der Waals surface area contributed by atoms with Crippen LogP contribution in [0.4, 0.5) is 28.4 Å². The average Bonchev–Trinajstić information content (AvgIpc) is 3.01. The van der Waals surface area contributed by atoms with Crippen molar-refractivity contribution in [2.75, 3.05) is 5.32 Å². The van der Waals surface area contributed by atoms with Crippen molar-refractivity contribution in [3.05, 3.63) is 64.7 Å². The van der Waals surface area contributed by atoms with E-state index in [1.165, 1.54) is 0 Å². The van der Waals surface area contributed by atoms with Gasteiger partial charge in [0.1, 0.15) is 6.61 Å². The van der Waals surface area contributed by atoms with Crippen LogP contribution in [0.15, 0.2) is 36.4 Å². The molecule has 9 heteroatoms. The number of nitrogens with zero attached hydrogens (tertiary/aromatic N) is 2. The maximum absolute atomic E-state index is 13.5. The molecule has 0 aliphatic carbocycles. The van der Waals surface area contributed by atoms with Gasteiger partial charge < -0.3 is 10.1 Å². The van der Waals surface area contributed by atoms with E-state index >= 15 is 0 Å². The molecule has 0 saturated heterocycles. The molecule has 3 rings (SSSR count). The summed E-state index contributed by atoms with van der Waals surface area (Å²) in [5, 5.41) is 11.3. The van der Waals surface area contributed by atoms with Crippen LogP contribution in [-0.4, -0.2) is 10.2 Å². The van der Waals surface area contributed by atoms with Crippen LogP contribution in [0.1, 0.15) is 5.01 Å². The van der Waals surface area contributed by atoms with Crippen LogP contribution in [0, 0.1) is 23.3 Å². The first-order chi connectivity index (χ1) is 11.5. The Morgan fingerprint density at radius 2 is 1.62 bits per heavy atom. The maximum Gasteiger partial charge on any atom is 0.210 e. The predicted molar refractivity (Wildman–Crippen MR) is 80.2 cm³/mol. The van der Waals surface area contributed by atoms with Gasteiger partial charge >= 0.3 is 0 Å². The molecule has 3 aromatic rings. The Bertz CT molecular complexity index is 831. The minimum absolute atomic E-state index is 0.115. The van der Waals surface area contributed by atoms with E-state index in [-0.39, 0.29) is 17.7 Å². The number of nitrogens with one attached hydrogen (secondary N) is 1. The molecule has 0 fully saturated rings. The summed E-state index contributed by atoms with van der Waals surface area (Å²) in [7, 11) is 0. The van der Waals surface area contributed by atoms with Gasteiger partial charge in [-0.15, -0.1) is 10.2 Å². The fourth-order valence-corrected chi connectivity index (χ4v) is 2.49. The Balaban J connectivity index is 1.70. The Morgan fingerprint density at radius 3 is 2.29 bits per heavy atom. The number of aromatic nitrogens is 2. The minimum atomic E-state index is -1.60. The van der Waals surface area contributed by atoms with E-state index in [9.17, 15) is 17.6 Å². The Morgan fingerprint density at radius 1 is 0.958 bits per heavy atom. The highest BCUT2D eigenvalue weighted by atomic mass is 32.1. The van der Waals surface area contributed by atoms with Crippen LogP contribution in [-0.2, 0) is 6.61 Å². The molecule has 1 N–H and O–H groups in total. The number of benzene rings is 2. The molecular weight excluding hydrogens is 346 g/mol. The third-order valence-corrected chi connectivity index (χ3v) is 3.72. The highest BCUT2D eigenvalue weighted by Gasteiger charge is 2.21. The average molecular weight is 355 g/mol. The molecule has 124 valence electrons. The number of rotatable bonds is 5. The molecule has 4 nitrogen and oxygen atoms in total. The van der Waals surface area contributed by atoms with Crippen LogP contribution in [0.5, 0.6) is 5.75 Å². The van der Waals surface area contributed by atoms with E-state index in [1.54, 1.807) is 0 Å². The van der Waals surface area contributed by atoms with Gasteiger partial charge in [-0.25, -0.2) is 8.78 Å². The van der Waals surface area contributed by atoms with Gasteiger partial charge in [0.15, 0.2) is 22.4 Å². The van der Waals surface area contributed by atoms with Gasteiger partial charge in [0, 0.05) is 11.8 Å². The Labute approximate surface area is 137 Å². The lowest BCUT2D eigenvalue weighted by Gasteiger charge is -2.07. The lowest BCUT2D eigenvalue weighted by atomic mass is 10.3. The molecule has 0 radical (unpaired) electrons. The number of hydrogen-bond acceptors (Lipinski definition) is 5. The van der Waals surface area contributed by atoms with Crippen LogP contribution < -0.4 is 10.1 Å². The monoisotopic (exact) mass is 355 g/mol. The molecular formula is C15H9F4N3OS. The van der Waals surface area contributed by atoms with Crippen LogP contribution in [0.3, 0.4) is 0 Å². The van der Waals surface area contributed by atoms with E-state index in [1.807, 2.05) is 30.3 Å². The standard InChI is InChI=1S/C15H9F4N3OS/c16-9-6-10(17)13(19)14(12(9)18)23-7-11-21-22-15(24-11)20-8-4-2-1-3-5-8/h1-6H,7H2,(H,20,22). The lowest BCUT2D eigenvalue weighted by Crippen LogP contribution is -2.03. The van der Waals surface area contributed by atoms with Gasteiger partial charge in [0.2, 0.25) is 16.8 Å². The summed E-state index contributed by atoms with van der Waals surface area (Å²) in [6, 6.07) is 9.26. The van der Waals surface area contributed by atoms with Gasteiger partial charge in [0.25, 0.3) is 0 Å². The zero-order chi connectivity index (χ0) is 17.1. The zero-order valence-corrected chi connectivity index (χ0v) is 12.7. The molecule has 0 spiro atoms. The van der Waals surface area contributed by atoms with Gasteiger partial charge in [-0.05, 0) is 12.1 Å². The molecule has 0 saturated carbocycles. The quantitative estimate of drug-likeness (QED) is 0.544. The Hall–Kier alpha value is -2.68. The molecule has 0 aliphatic heterocycles. The van der Waals surface area contributed by atoms with Crippen LogP contribution in [0.25, 0.3) is 0 Å². The van der Waals surface area contributed by atoms with E-state index in [0.717, 1.165) is 17.0 Å². The Kier molecular flexibility index (Phi) is 4.61. The van der Waals surface area contributed by atoms with Crippen molar-refractivity contribution in [1.82, 2.24) is 10.2 Å². The van der Waals surface area contributed by atoms with E-state index in [0.29, 0.717) is 5.13 Å². The number of hydrogen-bond donors (Lipinski definition) is 1. The minimum Gasteiger partial charge on any atom is -0.480 e. The van der Waals surface area contributed by atoms with E-state index in [2.05, 4.69) is 15.5 Å². The molecule has 24 heavy (non-hydrogen) atoms. The second-order valence-electron chi connectivity index (χ2n) is 4.58. The van der Waals surface area contributed by atoms with Gasteiger partial charge in [-0.2, -0.15) is 8.78 Å². The fourth-order valence-electron chi connectivity index (χ4n) is 1.82. The lowest BCUT2D eigenvalue weighted by molar-refractivity contribution is 0.260. The normalized spacial score (nSPS) is 10.7. The molecule has 1 heterocycles. The summed E-state index contributed by atoms with van der Waals surface area (Å²) >= 11 is 1.08. The molecule has 0 aliphatic rings. The maximum atomic E-state index is 13.5. The molecule has 0 unspecified atom stereocenters. The van der Waals surface area contributed by atoms with Crippen molar-refractivity contribution in [2.45, 2.75) is 6.61 Å². The summed E-state index contributed by atoms with van der Waals surface area (Å²) in [6.07, 6.45) is 0. The fraction of sp³-hybridized carbons (Fsp3) is 0.0667. The van der Waals surface area contributed by atoms with Crippen molar-refractivity contribution in [3.8, 4) is 5.75 Å². The summed E-state index contributed by atoms with van der Waals surface area (Å²) in [5.41, 5.74) is 0.783. The summed E-state index contributed by atoms with van der Waals surface area (Å²) in [6.45, 7) is -0.384. The smallest absolute Gasteiger partial charge is 0.210 e. The second-order valence-corrected chi connectivity index (χ2v) is 5.64. The largest absolute Gasteiger partial charge is 0.480 e. The zero-order valence-electron chi connectivity index (χ0n) is 11.9. The topological polar surface area (TPSA) is 47.0 Å². The summed E-state index contributed by atoms with van der Waals surface area (Å²) < 4.78 is 58.0. The highest BCUT2D eigenvalue weighted by molar-refractivity contribution is 7.15. The highest BCUT2D eigenvalue weighted by Crippen LogP contribution is 2.28. The van der Waals surface area contributed by atoms with E-state index in [4.69, 9.17) is 4.74 Å². The van der Waals surface area contributed by atoms with Crippen LogP contribution in [0.2, 0.25) is 0 Å². The molecule has 1 aromatic heterocycles.